The minimum Gasteiger partial charge on any atom is -0.493 e. The van der Waals surface area contributed by atoms with Crippen molar-refractivity contribution in [2.45, 2.75) is 6.42 Å². The summed E-state index contributed by atoms with van der Waals surface area (Å²) < 4.78 is 10.6. The Morgan fingerprint density at radius 2 is 1.86 bits per heavy atom. The molecular weight excluding hydrogens is 366 g/mol. The van der Waals surface area contributed by atoms with Crippen molar-refractivity contribution in [3.63, 3.8) is 0 Å². The summed E-state index contributed by atoms with van der Waals surface area (Å²) in [5.41, 5.74) is 2.95. The van der Waals surface area contributed by atoms with Gasteiger partial charge in [0.1, 0.15) is 5.82 Å². The van der Waals surface area contributed by atoms with Crippen LogP contribution in [0, 0.1) is 5.92 Å². The zero-order valence-corrected chi connectivity index (χ0v) is 16.7. The summed E-state index contributed by atoms with van der Waals surface area (Å²) in [6.45, 7) is 2.55. The van der Waals surface area contributed by atoms with Gasteiger partial charge in [-0.15, -0.1) is 0 Å². The molecule has 0 radical (unpaired) electrons. The number of carbonyl (C=O) groups excluding carboxylic acids is 1. The number of ketones is 1. The van der Waals surface area contributed by atoms with Crippen LogP contribution >= 0.6 is 0 Å². The average Bonchev–Trinajstić information content (AvgIpc) is 3.27. The van der Waals surface area contributed by atoms with Gasteiger partial charge in [0.05, 0.1) is 14.2 Å². The number of hydrogen-bond acceptors (Lipinski definition) is 5. The smallest absolute Gasteiger partial charge is 0.168 e. The van der Waals surface area contributed by atoms with Crippen LogP contribution in [-0.2, 0) is 6.42 Å². The lowest BCUT2D eigenvalue weighted by atomic mass is 9.90. The average molecular weight is 391 g/mol. The van der Waals surface area contributed by atoms with Gasteiger partial charge in [0.15, 0.2) is 17.3 Å². The molecule has 0 aliphatic carbocycles. The second-order valence-electron chi connectivity index (χ2n) is 7.28. The number of imidazole rings is 1. The Hall–Kier alpha value is -3.12. The lowest BCUT2D eigenvalue weighted by Gasteiger charge is -2.38. The molecule has 6 nitrogen and oxygen atoms in total. The number of likely N-dealkylation sites (tertiary alicyclic amines) is 1. The molecule has 1 aliphatic heterocycles. The number of nitrogens with zero attached hydrogens (tertiary/aromatic N) is 2. The number of methoxy groups -OCH3 is 2. The standard InChI is InChI=1S/C23H25N3O3/c1-28-20-8-3-16(13-21(20)29-2)9-12-26-14-19(15-26)22(27)17-4-6-18(7-5-17)23-24-10-11-25-23/h3-8,10-11,13,19H,9,12,14-15H2,1-2H3,(H,24,25). The van der Waals surface area contributed by atoms with Gasteiger partial charge in [-0.3, -0.25) is 4.79 Å². The van der Waals surface area contributed by atoms with E-state index in [0.29, 0.717) is 0 Å². The molecule has 1 aromatic heterocycles. The van der Waals surface area contributed by atoms with E-state index in [1.54, 1.807) is 26.6 Å². The molecule has 0 spiro atoms. The fourth-order valence-corrected chi connectivity index (χ4v) is 3.69. The van der Waals surface area contributed by atoms with Crippen molar-refractivity contribution in [3.05, 3.63) is 66.0 Å². The molecule has 4 rings (SSSR count). The molecule has 2 heterocycles. The highest BCUT2D eigenvalue weighted by atomic mass is 16.5. The monoisotopic (exact) mass is 391 g/mol. The molecule has 1 N–H and O–H groups in total. The van der Waals surface area contributed by atoms with E-state index in [4.69, 9.17) is 9.47 Å². The van der Waals surface area contributed by atoms with Crippen LogP contribution in [0.1, 0.15) is 15.9 Å². The quantitative estimate of drug-likeness (QED) is 0.596. The van der Waals surface area contributed by atoms with Gasteiger partial charge in [-0.25, -0.2) is 4.98 Å². The van der Waals surface area contributed by atoms with E-state index >= 15 is 0 Å². The van der Waals surface area contributed by atoms with Crippen LogP contribution < -0.4 is 9.47 Å². The first kappa shape index (κ1) is 19.2. The van der Waals surface area contributed by atoms with Gasteiger partial charge in [-0.1, -0.05) is 30.3 Å². The van der Waals surface area contributed by atoms with E-state index in [9.17, 15) is 4.79 Å². The lowest BCUT2D eigenvalue weighted by Crippen LogP contribution is -2.50. The van der Waals surface area contributed by atoms with Gasteiger partial charge in [0.2, 0.25) is 0 Å². The minimum absolute atomic E-state index is 0.0786. The minimum atomic E-state index is 0.0786. The molecular formula is C23H25N3O3. The summed E-state index contributed by atoms with van der Waals surface area (Å²) in [4.78, 5) is 22.3. The lowest BCUT2D eigenvalue weighted by molar-refractivity contribution is 0.0628. The Balaban J connectivity index is 1.28. The number of H-pyrrole nitrogens is 1. The van der Waals surface area contributed by atoms with Crippen LogP contribution in [0.25, 0.3) is 11.4 Å². The van der Waals surface area contributed by atoms with Crippen molar-refractivity contribution in [2.75, 3.05) is 33.9 Å². The zero-order valence-electron chi connectivity index (χ0n) is 16.7. The van der Waals surface area contributed by atoms with E-state index in [0.717, 1.165) is 54.5 Å². The maximum absolute atomic E-state index is 12.7. The fourth-order valence-electron chi connectivity index (χ4n) is 3.69. The molecule has 150 valence electrons. The van der Waals surface area contributed by atoms with Crippen LogP contribution in [-0.4, -0.2) is 54.5 Å². The zero-order chi connectivity index (χ0) is 20.2. The van der Waals surface area contributed by atoms with Crippen molar-refractivity contribution in [3.8, 4) is 22.9 Å². The van der Waals surface area contributed by atoms with Crippen LogP contribution in [0.3, 0.4) is 0 Å². The van der Waals surface area contributed by atoms with E-state index < -0.39 is 0 Å². The van der Waals surface area contributed by atoms with Crippen molar-refractivity contribution >= 4 is 5.78 Å². The second kappa shape index (κ2) is 8.49. The third-order valence-corrected chi connectivity index (χ3v) is 5.43. The van der Waals surface area contributed by atoms with Gasteiger partial charge < -0.3 is 19.4 Å². The summed E-state index contributed by atoms with van der Waals surface area (Å²) in [5, 5.41) is 0. The number of hydrogen-bond donors (Lipinski definition) is 1. The number of aromatic amines is 1. The highest BCUT2D eigenvalue weighted by Gasteiger charge is 2.32. The van der Waals surface area contributed by atoms with E-state index in [2.05, 4.69) is 20.9 Å². The molecule has 3 aromatic rings. The Kier molecular flexibility index (Phi) is 5.62. The summed E-state index contributed by atoms with van der Waals surface area (Å²) in [7, 11) is 3.29. The summed E-state index contributed by atoms with van der Waals surface area (Å²) >= 11 is 0. The molecule has 0 bridgehead atoms. The van der Waals surface area contributed by atoms with E-state index in [-0.39, 0.29) is 11.7 Å². The summed E-state index contributed by atoms with van der Waals surface area (Å²) in [6, 6.07) is 13.7. The molecule has 29 heavy (non-hydrogen) atoms. The SMILES string of the molecule is COc1ccc(CCN2CC(C(=O)c3ccc(-c4ncc[nH]4)cc3)C2)cc1OC. The third kappa shape index (κ3) is 4.17. The van der Waals surface area contributed by atoms with E-state index in [1.165, 1.54) is 5.56 Å². The predicted octanol–water partition coefficient (Wildman–Crippen LogP) is 3.45. The number of aromatic nitrogens is 2. The maximum atomic E-state index is 12.7. The molecule has 0 atom stereocenters. The molecule has 6 heteroatoms. The van der Waals surface area contributed by atoms with Crippen LogP contribution in [0.4, 0.5) is 0 Å². The molecule has 0 unspecified atom stereocenters. The first-order valence-corrected chi connectivity index (χ1v) is 9.75. The van der Waals surface area contributed by atoms with Crippen molar-refractivity contribution in [1.29, 1.82) is 0 Å². The largest absolute Gasteiger partial charge is 0.493 e. The highest BCUT2D eigenvalue weighted by Crippen LogP contribution is 2.28. The topological polar surface area (TPSA) is 67.5 Å². The Bertz CT molecular complexity index is 962. The van der Waals surface area contributed by atoms with Crippen molar-refractivity contribution in [1.82, 2.24) is 14.9 Å². The first-order chi connectivity index (χ1) is 14.2. The number of carbonyl (C=O) groups is 1. The van der Waals surface area contributed by atoms with Gasteiger partial charge in [0, 0.05) is 49.1 Å². The molecule has 1 fully saturated rings. The third-order valence-electron chi connectivity index (χ3n) is 5.43. The number of nitrogens with one attached hydrogen (secondary N) is 1. The molecule has 2 aromatic carbocycles. The Morgan fingerprint density at radius 3 is 2.52 bits per heavy atom. The fraction of sp³-hybridized carbons (Fsp3) is 0.304. The maximum Gasteiger partial charge on any atom is 0.168 e. The molecule has 0 saturated carbocycles. The van der Waals surface area contributed by atoms with Crippen LogP contribution in [0.2, 0.25) is 0 Å². The summed E-state index contributed by atoms with van der Waals surface area (Å²) in [6.07, 6.45) is 4.43. The van der Waals surface area contributed by atoms with Gasteiger partial charge in [-0.2, -0.15) is 0 Å². The molecule has 1 aliphatic rings. The van der Waals surface area contributed by atoms with Gasteiger partial charge in [0.25, 0.3) is 0 Å². The molecule has 1 saturated heterocycles. The normalized spacial score (nSPS) is 14.4. The second-order valence-corrected chi connectivity index (χ2v) is 7.28. The highest BCUT2D eigenvalue weighted by molar-refractivity contribution is 5.99. The number of ether oxygens (including phenoxy) is 2. The molecule has 0 amide bonds. The number of Topliss-reactive ketones (excluding diaryl/α,β-unsaturated/α-hetero) is 1. The van der Waals surface area contributed by atoms with Gasteiger partial charge in [-0.05, 0) is 24.1 Å². The Morgan fingerprint density at radius 1 is 1.10 bits per heavy atom. The number of rotatable bonds is 8. The predicted molar refractivity (Wildman–Crippen MR) is 112 cm³/mol. The van der Waals surface area contributed by atoms with Crippen molar-refractivity contribution in [2.24, 2.45) is 5.92 Å². The first-order valence-electron chi connectivity index (χ1n) is 9.75. The number of benzene rings is 2. The Labute approximate surface area is 170 Å². The van der Waals surface area contributed by atoms with Crippen LogP contribution in [0.5, 0.6) is 11.5 Å². The van der Waals surface area contributed by atoms with Crippen molar-refractivity contribution < 1.29 is 14.3 Å². The van der Waals surface area contributed by atoms with Crippen LogP contribution in [0.15, 0.2) is 54.9 Å². The summed E-state index contributed by atoms with van der Waals surface area (Å²) in [5.74, 6) is 2.60. The van der Waals surface area contributed by atoms with E-state index in [1.807, 2.05) is 36.4 Å². The van der Waals surface area contributed by atoms with Gasteiger partial charge >= 0.3 is 0 Å².